The lowest BCUT2D eigenvalue weighted by Gasteiger charge is -2.19. The molecule has 4 aromatic rings. The van der Waals surface area contributed by atoms with Crippen LogP contribution in [0.3, 0.4) is 0 Å². The first kappa shape index (κ1) is 24.2. The third kappa shape index (κ3) is 5.49. The SMILES string of the molecule is CN(C)Cc1cccc(C(CC(=O)O)n2ncc3cc(CCc4ccc5c(n4)CCCC5)ccc32)c1. The number of pyridine rings is 1. The molecular weight excluding hydrogens is 448 g/mol. The molecule has 6 heteroatoms. The van der Waals surface area contributed by atoms with Crippen molar-refractivity contribution in [2.75, 3.05) is 14.1 Å². The van der Waals surface area contributed by atoms with Crippen LogP contribution in [0.1, 0.15) is 58.9 Å². The van der Waals surface area contributed by atoms with Gasteiger partial charge < -0.3 is 10.0 Å². The predicted octanol–water partition coefficient (Wildman–Crippen LogP) is 5.22. The summed E-state index contributed by atoms with van der Waals surface area (Å²) in [5, 5.41) is 15.4. The Balaban J connectivity index is 1.37. The fourth-order valence-electron chi connectivity index (χ4n) is 5.32. The maximum atomic E-state index is 11.8. The van der Waals surface area contributed by atoms with Gasteiger partial charge in [0, 0.05) is 23.3 Å². The van der Waals surface area contributed by atoms with Crippen LogP contribution < -0.4 is 0 Å². The average molecular weight is 483 g/mol. The Labute approximate surface area is 212 Å². The van der Waals surface area contributed by atoms with E-state index < -0.39 is 5.97 Å². The number of carboxylic acid groups (broad SMARTS) is 1. The largest absolute Gasteiger partial charge is 0.481 e. The molecule has 1 unspecified atom stereocenters. The van der Waals surface area contributed by atoms with Gasteiger partial charge in [0.05, 0.1) is 24.2 Å². The molecule has 0 aliphatic heterocycles. The molecule has 0 radical (unpaired) electrons. The molecule has 0 spiro atoms. The van der Waals surface area contributed by atoms with Gasteiger partial charge in [0.15, 0.2) is 0 Å². The van der Waals surface area contributed by atoms with Crippen LogP contribution in [0, 0.1) is 0 Å². The molecule has 0 amide bonds. The number of rotatable bonds is 9. The first-order valence-electron chi connectivity index (χ1n) is 12.9. The summed E-state index contributed by atoms with van der Waals surface area (Å²) in [4.78, 5) is 18.8. The molecule has 5 rings (SSSR count). The Hall–Kier alpha value is -3.51. The molecule has 1 aliphatic rings. The summed E-state index contributed by atoms with van der Waals surface area (Å²) in [7, 11) is 4.06. The first-order valence-corrected chi connectivity index (χ1v) is 12.9. The van der Waals surface area contributed by atoms with Crippen LogP contribution in [0.2, 0.25) is 0 Å². The third-order valence-corrected chi connectivity index (χ3v) is 7.06. The number of aliphatic carboxylic acids is 1. The van der Waals surface area contributed by atoms with Gasteiger partial charge in [0.1, 0.15) is 0 Å². The number of carbonyl (C=O) groups is 1. The van der Waals surface area contributed by atoms with Gasteiger partial charge in [-0.05, 0) is 93.1 Å². The van der Waals surface area contributed by atoms with E-state index in [1.807, 2.05) is 37.1 Å². The highest BCUT2D eigenvalue weighted by atomic mass is 16.4. The fraction of sp³-hybridized carbons (Fsp3) is 0.367. The van der Waals surface area contributed by atoms with E-state index in [2.05, 4.69) is 52.5 Å². The van der Waals surface area contributed by atoms with E-state index in [0.29, 0.717) is 0 Å². The van der Waals surface area contributed by atoms with Crippen molar-refractivity contribution in [2.24, 2.45) is 0 Å². The van der Waals surface area contributed by atoms with Gasteiger partial charge >= 0.3 is 5.97 Å². The lowest BCUT2D eigenvalue weighted by atomic mass is 9.95. The highest BCUT2D eigenvalue weighted by molar-refractivity contribution is 5.80. The van der Waals surface area contributed by atoms with Crippen LogP contribution in [-0.4, -0.2) is 44.8 Å². The quantitative estimate of drug-likeness (QED) is 0.354. The number of fused-ring (bicyclic) bond motifs is 2. The molecule has 0 bridgehead atoms. The number of aryl methyl sites for hydroxylation is 4. The molecule has 0 saturated carbocycles. The Morgan fingerprint density at radius 1 is 1.03 bits per heavy atom. The van der Waals surface area contributed by atoms with Gasteiger partial charge in [-0.2, -0.15) is 5.10 Å². The second-order valence-electron chi connectivity index (χ2n) is 10.2. The molecule has 2 heterocycles. The van der Waals surface area contributed by atoms with E-state index in [9.17, 15) is 9.90 Å². The Morgan fingerprint density at radius 3 is 2.72 bits per heavy atom. The highest BCUT2D eigenvalue weighted by Crippen LogP contribution is 2.28. The van der Waals surface area contributed by atoms with Gasteiger partial charge in [-0.1, -0.05) is 36.4 Å². The normalized spacial score (nSPS) is 14.2. The number of carboxylic acids is 1. The van der Waals surface area contributed by atoms with Crippen molar-refractivity contribution >= 4 is 16.9 Å². The van der Waals surface area contributed by atoms with Crippen LogP contribution in [0.15, 0.2) is 60.8 Å². The van der Waals surface area contributed by atoms with Gasteiger partial charge in [0.2, 0.25) is 0 Å². The van der Waals surface area contributed by atoms with Crippen LogP contribution >= 0.6 is 0 Å². The zero-order chi connectivity index (χ0) is 25.1. The number of hydrogen-bond donors (Lipinski definition) is 1. The average Bonchev–Trinajstić information content (AvgIpc) is 3.28. The summed E-state index contributed by atoms with van der Waals surface area (Å²) in [5.41, 5.74) is 8.17. The third-order valence-electron chi connectivity index (χ3n) is 7.06. The zero-order valence-electron chi connectivity index (χ0n) is 21.2. The molecule has 36 heavy (non-hydrogen) atoms. The smallest absolute Gasteiger partial charge is 0.305 e. The summed E-state index contributed by atoms with van der Waals surface area (Å²) in [6.07, 6.45) is 8.44. The molecular formula is C30H34N4O2. The molecule has 6 nitrogen and oxygen atoms in total. The lowest BCUT2D eigenvalue weighted by molar-refractivity contribution is -0.137. The molecule has 186 valence electrons. The van der Waals surface area contributed by atoms with Gasteiger partial charge in [-0.3, -0.25) is 14.5 Å². The van der Waals surface area contributed by atoms with E-state index in [1.54, 1.807) is 0 Å². The van der Waals surface area contributed by atoms with E-state index in [0.717, 1.165) is 60.0 Å². The van der Waals surface area contributed by atoms with Gasteiger partial charge in [0.25, 0.3) is 0 Å². The highest BCUT2D eigenvalue weighted by Gasteiger charge is 2.21. The van der Waals surface area contributed by atoms with Crippen LogP contribution in [0.25, 0.3) is 10.9 Å². The van der Waals surface area contributed by atoms with Crippen molar-refractivity contribution in [2.45, 2.75) is 57.5 Å². The summed E-state index contributed by atoms with van der Waals surface area (Å²) < 4.78 is 1.87. The van der Waals surface area contributed by atoms with E-state index in [4.69, 9.17) is 4.98 Å². The number of benzene rings is 2. The number of aromatic nitrogens is 3. The summed E-state index contributed by atoms with van der Waals surface area (Å²) >= 11 is 0. The molecule has 2 aromatic heterocycles. The van der Waals surface area contributed by atoms with Crippen molar-refractivity contribution in [3.8, 4) is 0 Å². The minimum atomic E-state index is -0.837. The van der Waals surface area contributed by atoms with Crippen molar-refractivity contribution in [1.82, 2.24) is 19.7 Å². The van der Waals surface area contributed by atoms with Crippen LogP contribution in [0.4, 0.5) is 0 Å². The maximum absolute atomic E-state index is 11.8. The van der Waals surface area contributed by atoms with Crippen molar-refractivity contribution in [3.05, 3.63) is 94.4 Å². The number of nitrogens with zero attached hydrogens (tertiary/aromatic N) is 4. The van der Waals surface area contributed by atoms with Crippen LogP contribution in [0.5, 0.6) is 0 Å². The Kier molecular flexibility index (Phi) is 7.14. The Morgan fingerprint density at radius 2 is 1.89 bits per heavy atom. The molecule has 0 fully saturated rings. The molecule has 0 saturated heterocycles. The van der Waals surface area contributed by atoms with Gasteiger partial charge in [-0.15, -0.1) is 0 Å². The van der Waals surface area contributed by atoms with Crippen molar-refractivity contribution in [3.63, 3.8) is 0 Å². The molecule has 2 aromatic carbocycles. The maximum Gasteiger partial charge on any atom is 0.305 e. The van der Waals surface area contributed by atoms with E-state index in [-0.39, 0.29) is 12.5 Å². The van der Waals surface area contributed by atoms with Crippen molar-refractivity contribution in [1.29, 1.82) is 0 Å². The Bertz CT molecular complexity index is 1370. The molecule has 1 N–H and O–H groups in total. The lowest BCUT2D eigenvalue weighted by Crippen LogP contribution is -2.17. The zero-order valence-corrected chi connectivity index (χ0v) is 21.2. The summed E-state index contributed by atoms with van der Waals surface area (Å²) in [6.45, 7) is 0.802. The summed E-state index contributed by atoms with van der Waals surface area (Å²) in [5.74, 6) is -0.837. The molecule has 1 atom stereocenters. The minimum absolute atomic E-state index is 0.0199. The topological polar surface area (TPSA) is 71.2 Å². The molecule has 1 aliphatic carbocycles. The second-order valence-corrected chi connectivity index (χ2v) is 10.2. The van der Waals surface area contributed by atoms with Gasteiger partial charge in [-0.25, -0.2) is 0 Å². The minimum Gasteiger partial charge on any atom is -0.481 e. The predicted molar refractivity (Wildman–Crippen MR) is 142 cm³/mol. The first-order chi connectivity index (χ1) is 17.5. The van der Waals surface area contributed by atoms with Crippen LogP contribution in [-0.2, 0) is 37.0 Å². The van der Waals surface area contributed by atoms with Crippen molar-refractivity contribution < 1.29 is 9.90 Å². The monoisotopic (exact) mass is 482 g/mol. The standard InChI is InChI=1S/C30H34N4O2/c1-33(2)20-22-6-5-8-24(17-22)29(18-30(35)36)34-28-15-11-21(16-25(28)19-31-34)10-13-26-14-12-23-7-3-4-9-27(23)32-26/h5-6,8,11-12,14-17,19,29H,3-4,7,9-10,13,18,20H2,1-2H3,(H,35,36). The number of hydrogen-bond acceptors (Lipinski definition) is 4. The second kappa shape index (κ2) is 10.6. The van der Waals surface area contributed by atoms with E-state index >= 15 is 0 Å². The van der Waals surface area contributed by atoms with E-state index in [1.165, 1.54) is 29.7 Å². The fourth-order valence-corrected chi connectivity index (χ4v) is 5.32. The summed E-state index contributed by atoms with van der Waals surface area (Å²) in [6, 6.07) is 18.7.